The fourth-order valence-corrected chi connectivity index (χ4v) is 6.03. The summed E-state index contributed by atoms with van der Waals surface area (Å²) in [6, 6.07) is 18.2. The Balaban J connectivity index is 1.38. The van der Waals surface area contributed by atoms with E-state index in [1.165, 1.54) is 12.1 Å². The third-order valence-corrected chi connectivity index (χ3v) is 8.19. The molecule has 0 atom stereocenters. The Kier molecular flexibility index (Phi) is 9.10. The first kappa shape index (κ1) is 29.1. The molecule has 0 unspecified atom stereocenters. The monoisotopic (exact) mass is 583 g/mol. The van der Waals surface area contributed by atoms with Crippen molar-refractivity contribution in [3.63, 3.8) is 0 Å². The number of fused-ring (bicyclic) bond motifs is 1. The summed E-state index contributed by atoms with van der Waals surface area (Å²) in [6.07, 6.45) is 5.75. The molecule has 0 saturated heterocycles. The summed E-state index contributed by atoms with van der Waals surface area (Å²) in [5, 5.41) is 15.2. The molecule has 3 N–H and O–H groups in total. The second kappa shape index (κ2) is 12.5. The third-order valence-electron chi connectivity index (χ3n) is 6.09. The van der Waals surface area contributed by atoms with Crippen molar-refractivity contribution in [2.45, 2.75) is 17.7 Å². The van der Waals surface area contributed by atoms with Crippen LogP contribution >= 0.6 is 0 Å². The van der Waals surface area contributed by atoms with Crippen molar-refractivity contribution in [3.05, 3.63) is 94.8 Å². The molecule has 0 saturated carbocycles. The van der Waals surface area contributed by atoms with E-state index in [0.29, 0.717) is 35.1 Å². The molecule has 3 aromatic carbocycles. The Hall–Kier alpha value is -3.91. The van der Waals surface area contributed by atoms with Gasteiger partial charge in [-0.15, -0.1) is 0 Å². The molecule has 4 aromatic rings. The topological polar surface area (TPSA) is 160 Å². The van der Waals surface area contributed by atoms with Crippen LogP contribution < -0.4 is 14.8 Å². The number of aryl methyl sites for hydroxylation is 1. The quantitative estimate of drug-likeness (QED) is 0.122. The first-order chi connectivity index (χ1) is 19.0. The van der Waals surface area contributed by atoms with Crippen LogP contribution in [0.25, 0.3) is 21.9 Å². The molecular weight excluding hydrogens is 554 g/mol. The molecule has 13 heteroatoms. The molecular formula is C27H29N5O6S2. The Morgan fingerprint density at radius 2 is 1.60 bits per heavy atom. The van der Waals surface area contributed by atoms with Gasteiger partial charge in [-0.3, -0.25) is 19.8 Å². The number of pyridine rings is 1. The summed E-state index contributed by atoms with van der Waals surface area (Å²) in [4.78, 5) is 14.6. The van der Waals surface area contributed by atoms with Crippen LogP contribution in [-0.4, -0.2) is 52.6 Å². The number of nitro benzene ring substituents is 1. The van der Waals surface area contributed by atoms with Crippen LogP contribution in [0.4, 0.5) is 11.4 Å². The maximum absolute atomic E-state index is 13.3. The number of anilines is 1. The lowest BCUT2D eigenvalue weighted by molar-refractivity contribution is -0.384. The molecule has 0 spiro atoms. The Bertz CT molecular complexity index is 1710. The highest BCUT2D eigenvalue weighted by molar-refractivity contribution is 7.92. The van der Waals surface area contributed by atoms with E-state index in [-0.39, 0.29) is 17.1 Å². The number of nitrogens with zero attached hydrogens (tertiary/aromatic N) is 2. The molecule has 0 fully saturated rings. The van der Waals surface area contributed by atoms with E-state index in [2.05, 4.69) is 19.7 Å². The lowest BCUT2D eigenvalue weighted by Crippen LogP contribution is -2.32. The van der Waals surface area contributed by atoms with Crippen molar-refractivity contribution in [2.24, 2.45) is 0 Å². The van der Waals surface area contributed by atoms with Gasteiger partial charge in [0.15, 0.2) is 0 Å². The van der Waals surface area contributed by atoms with Gasteiger partial charge in [-0.2, -0.15) is 0 Å². The van der Waals surface area contributed by atoms with Gasteiger partial charge in [-0.05, 0) is 66.4 Å². The van der Waals surface area contributed by atoms with Gasteiger partial charge in [0.1, 0.15) is 0 Å². The molecule has 11 nitrogen and oxygen atoms in total. The van der Waals surface area contributed by atoms with Crippen LogP contribution in [0.1, 0.15) is 12.0 Å². The minimum absolute atomic E-state index is 0.0588. The Morgan fingerprint density at radius 3 is 2.27 bits per heavy atom. The molecule has 4 rings (SSSR count). The van der Waals surface area contributed by atoms with Crippen LogP contribution in [0.5, 0.6) is 0 Å². The minimum Gasteiger partial charge on any atom is -0.315 e. The number of nitro groups is 1. The average Bonchev–Trinajstić information content (AvgIpc) is 2.91. The zero-order chi connectivity index (χ0) is 28.8. The summed E-state index contributed by atoms with van der Waals surface area (Å²) >= 11 is 0. The lowest BCUT2D eigenvalue weighted by atomic mass is 10.0. The van der Waals surface area contributed by atoms with Crippen LogP contribution in [0.2, 0.25) is 0 Å². The second-order valence-corrected chi connectivity index (χ2v) is 12.7. The molecule has 0 radical (unpaired) electrons. The molecule has 210 valence electrons. The zero-order valence-electron chi connectivity index (χ0n) is 21.7. The highest BCUT2D eigenvalue weighted by atomic mass is 32.2. The molecule has 0 aliphatic carbocycles. The van der Waals surface area contributed by atoms with Gasteiger partial charge in [0, 0.05) is 54.1 Å². The van der Waals surface area contributed by atoms with E-state index in [4.69, 9.17) is 0 Å². The van der Waals surface area contributed by atoms with Crippen LogP contribution in [0, 0.1) is 10.1 Å². The predicted molar refractivity (Wildman–Crippen MR) is 155 cm³/mol. The highest BCUT2D eigenvalue weighted by Crippen LogP contribution is 2.31. The molecule has 0 aliphatic heterocycles. The first-order valence-electron chi connectivity index (χ1n) is 12.4. The first-order valence-corrected chi connectivity index (χ1v) is 15.8. The summed E-state index contributed by atoms with van der Waals surface area (Å²) < 4.78 is 54.7. The van der Waals surface area contributed by atoms with E-state index in [9.17, 15) is 26.9 Å². The van der Waals surface area contributed by atoms with E-state index >= 15 is 0 Å². The summed E-state index contributed by atoms with van der Waals surface area (Å²) in [5.41, 5.74) is 2.83. The third kappa shape index (κ3) is 7.82. The standard InChI is InChI=1S/C27H29N5O6S2/c1-39(35,36)31-24-8-6-21(7-9-24)22-17-23-19-29-14-12-26(23)27(18-22)40(37,38)30-16-15-28-13-2-3-20-4-10-25(11-5-20)32(33)34/h4-12,14,17-19,28,30-31H,2-3,13,15-16H2,1H3. The van der Waals surface area contributed by atoms with Gasteiger partial charge in [0.2, 0.25) is 20.0 Å². The Morgan fingerprint density at radius 1 is 0.875 bits per heavy atom. The van der Waals surface area contributed by atoms with Gasteiger partial charge in [-0.1, -0.05) is 24.3 Å². The number of benzene rings is 3. The summed E-state index contributed by atoms with van der Waals surface area (Å²) in [7, 11) is -7.28. The molecule has 0 aliphatic rings. The second-order valence-electron chi connectivity index (χ2n) is 9.20. The van der Waals surface area contributed by atoms with Gasteiger partial charge in [0.25, 0.3) is 5.69 Å². The van der Waals surface area contributed by atoms with Crippen LogP contribution in [0.15, 0.2) is 84.0 Å². The minimum atomic E-state index is -3.86. The smallest absolute Gasteiger partial charge is 0.269 e. The number of rotatable bonds is 13. The maximum atomic E-state index is 13.3. The normalized spacial score (nSPS) is 11.9. The molecule has 1 aromatic heterocycles. The number of aromatic nitrogens is 1. The zero-order valence-corrected chi connectivity index (χ0v) is 23.3. The van der Waals surface area contributed by atoms with Crippen molar-refractivity contribution in [3.8, 4) is 11.1 Å². The van der Waals surface area contributed by atoms with Crippen molar-refractivity contribution >= 4 is 42.2 Å². The number of hydrogen-bond donors (Lipinski definition) is 3. The van der Waals surface area contributed by atoms with Crippen LogP contribution in [-0.2, 0) is 26.5 Å². The average molecular weight is 584 g/mol. The van der Waals surface area contributed by atoms with Gasteiger partial charge >= 0.3 is 0 Å². The summed E-state index contributed by atoms with van der Waals surface area (Å²) in [5.74, 6) is 0. The predicted octanol–water partition coefficient (Wildman–Crippen LogP) is 3.68. The fourth-order valence-electron chi connectivity index (χ4n) is 4.19. The van der Waals surface area contributed by atoms with E-state index in [1.54, 1.807) is 60.9 Å². The summed E-state index contributed by atoms with van der Waals surface area (Å²) in [6.45, 7) is 1.27. The molecule has 1 heterocycles. The number of nitrogens with one attached hydrogen (secondary N) is 3. The van der Waals surface area contributed by atoms with Crippen molar-refractivity contribution in [2.75, 3.05) is 30.6 Å². The van der Waals surface area contributed by atoms with Crippen molar-refractivity contribution in [1.82, 2.24) is 15.0 Å². The van der Waals surface area contributed by atoms with E-state index < -0.39 is 25.0 Å². The SMILES string of the molecule is CS(=O)(=O)Nc1ccc(-c2cc(S(=O)(=O)NCCNCCCc3ccc([N+](=O)[O-])cc3)c3ccncc3c2)cc1. The van der Waals surface area contributed by atoms with E-state index in [1.807, 2.05) is 6.07 Å². The lowest BCUT2D eigenvalue weighted by Gasteiger charge is -2.13. The van der Waals surface area contributed by atoms with Crippen molar-refractivity contribution < 1.29 is 21.8 Å². The molecule has 40 heavy (non-hydrogen) atoms. The largest absolute Gasteiger partial charge is 0.315 e. The number of sulfonamides is 2. The van der Waals surface area contributed by atoms with Gasteiger partial charge < -0.3 is 5.32 Å². The van der Waals surface area contributed by atoms with Crippen LogP contribution in [0.3, 0.4) is 0 Å². The maximum Gasteiger partial charge on any atom is 0.269 e. The molecule has 0 bridgehead atoms. The van der Waals surface area contributed by atoms with Gasteiger partial charge in [-0.25, -0.2) is 21.6 Å². The number of non-ortho nitro benzene ring substituents is 1. The Labute approximate surface area is 232 Å². The fraction of sp³-hybridized carbons (Fsp3) is 0.222. The van der Waals surface area contributed by atoms with E-state index in [0.717, 1.165) is 30.2 Å². The highest BCUT2D eigenvalue weighted by Gasteiger charge is 2.19. The van der Waals surface area contributed by atoms with Crippen molar-refractivity contribution in [1.29, 1.82) is 0 Å². The molecule has 0 amide bonds. The number of hydrogen-bond acceptors (Lipinski definition) is 8. The van der Waals surface area contributed by atoms with Gasteiger partial charge in [0.05, 0.1) is 16.1 Å².